The minimum Gasteiger partial charge on any atom is -0.470 e. The van der Waals surface area contributed by atoms with Crippen molar-refractivity contribution in [2.75, 3.05) is 20.3 Å². The fourth-order valence-corrected chi connectivity index (χ4v) is 2.77. The van der Waals surface area contributed by atoms with Crippen molar-refractivity contribution in [2.45, 2.75) is 0 Å². The molecule has 0 radical (unpaired) electrons. The van der Waals surface area contributed by atoms with Crippen LogP contribution in [0.2, 0.25) is 5.02 Å². The van der Waals surface area contributed by atoms with Crippen LogP contribution in [0.3, 0.4) is 0 Å². The van der Waals surface area contributed by atoms with E-state index in [1.807, 2.05) is 0 Å². The molecule has 0 saturated carbocycles. The second-order valence-electron chi connectivity index (χ2n) is 6.17. The molecule has 11 heteroatoms. The van der Waals surface area contributed by atoms with Crippen LogP contribution in [0.25, 0.3) is 0 Å². The molecular formula is C21H16ClFN4O5. The number of aromatic nitrogens is 2. The van der Waals surface area contributed by atoms with Gasteiger partial charge in [0.05, 0.1) is 11.2 Å². The molecule has 0 spiro atoms. The number of nitrogens with zero attached hydrogens (tertiary/aromatic N) is 4. The lowest BCUT2D eigenvalue weighted by molar-refractivity contribution is 0.0672. The first-order chi connectivity index (χ1) is 15.6. The van der Waals surface area contributed by atoms with Crippen LogP contribution in [0.15, 0.2) is 65.0 Å². The molecule has 0 unspecified atom stereocenters. The number of ether oxygens (including phenoxy) is 3. The fourth-order valence-electron chi connectivity index (χ4n) is 2.60. The smallest absolute Gasteiger partial charge is 0.325 e. The van der Waals surface area contributed by atoms with Gasteiger partial charge >= 0.3 is 6.01 Å². The summed E-state index contributed by atoms with van der Waals surface area (Å²) in [6, 6.07) is 13.2. The number of benzene rings is 2. The Labute approximate surface area is 187 Å². The van der Waals surface area contributed by atoms with E-state index in [1.165, 1.54) is 7.11 Å². The highest BCUT2D eigenvalue weighted by Gasteiger charge is 2.19. The Kier molecular flexibility index (Phi) is 6.61. The zero-order chi connectivity index (χ0) is 22.3. The monoisotopic (exact) mass is 458 g/mol. The normalized spacial score (nSPS) is 13.5. The number of halogens is 2. The van der Waals surface area contributed by atoms with Crippen molar-refractivity contribution in [3.8, 4) is 23.4 Å². The summed E-state index contributed by atoms with van der Waals surface area (Å²) < 4.78 is 30.7. The number of hydrogen-bond acceptors (Lipinski definition) is 9. The van der Waals surface area contributed by atoms with E-state index >= 15 is 0 Å². The van der Waals surface area contributed by atoms with Gasteiger partial charge in [0.2, 0.25) is 5.82 Å². The Balaban J connectivity index is 1.52. The Morgan fingerprint density at radius 2 is 1.91 bits per heavy atom. The van der Waals surface area contributed by atoms with Crippen molar-refractivity contribution in [3.05, 3.63) is 71.1 Å². The van der Waals surface area contributed by atoms with Gasteiger partial charge in [-0.1, -0.05) is 28.9 Å². The van der Waals surface area contributed by atoms with Crippen LogP contribution < -0.4 is 9.47 Å². The largest absolute Gasteiger partial charge is 0.470 e. The van der Waals surface area contributed by atoms with Crippen LogP contribution in [0.4, 0.5) is 4.39 Å². The lowest BCUT2D eigenvalue weighted by atomic mass is 10.1. The molecule has 0 N–H and O–H groups in total. The van der Waals surface area contributed by atoms with Crippen LogP contribution >= 0.6 is 11.6 Å². The first-order valence-corrected chi connectivity index (χ1v) is 9.69. The van der Waals surface area contributed by atoms with Crippen molar-refractivity contribution in [1.29, 1.82) is 0 Å². The van der Waals surface area contributed by atoms with Gasteiger partial charge in [-0.05, 0) is 41.6 Å². The molecule has 2 aromatic carbocycles. The average Bonchev–Trinajstić information content (AvgIpc) is 2.82. The highest BCUT2D eigenvalue weighted by molar-refractivity contribution is 6.45. The van der Waals surface area contributed by atoms with Gasteiger partial charge in [0.25, 0.3) is 11.8 Å². The lowest BCUT2D eigenvalue weighted by Crippen LogP contribution is -2.25. The molecule has 32 heavy (non-hydrogen) atoms. The molecule has 1 aliphatic rings. The van der Waals surface area contributed by atoms with E-state index in [1.54, 1.807) is 48.5 Å². The highest BCUT2D eigenvalue weighted by Crippen LogP contribution is 2.29. The standard InChI is InChI=1S/C21H16ClFN4O5/c1-28-26-18(20-27-30-11-10-29-20)13-6-8-14(9-7-13)31-19-16(23)12-24-21(25-19)32-17-5-3-2-4-15(17)22/h2-9,12H,10-11H2,1H3. The van der Waals surface area contributed by atoms with E-state index in [-0.39, 0.29) is 17.8 Å². The van der Waals surface area contributed by atoms with Crippen molar-refractivity contribution < 1.29 is 28.3 Å². The molecule has 3 aromatic rings. The summed E-state index contributed by atoms with van der Waals surface area (Å²) in [5.74, 6) is -0.235. The summed E-state index contributed by atoms with van der Waals surface area (Å²) >= 11 is 6.06. The lowest BCUT2D eigenvalue weighted by Gasteiger charge is -2.15. The quantitative estimate of drug-likeness (QED) is 0.378. The molecule has 0 fully saturated rings. The van der Waals surface area contributed by atoms with Crippen molar-refractivity contribution in [3.63, 3.8) is 0 Å². The predicted octanol–water partition coefficient (Wildman–Crippen LogP) is 4.56. The third kappa shape index (κ3) is 5.03. The summed E-state index contributed by atoms with van der Waals surface area (Å²) in [5, 5.41) is 8.14. The average molecular weight is 459 g/mol. The van der Waals surface area contributed by atoms with Gasteiger partial charge in [0, 0.05) is 5.56 Å². The molecule has 4 rings (SSSR count). The molecule has 1 aliphatic heterocycles. The molecule has 0 amide bonds. The van der Waals surface area contributed by atoms with E-state index in [9.17, 15) is 4.39 Å². The zero-order valence-electron chi connectivity index (χ0n) is 16.7. The molecule has 0 bridgehead atoms. The third-order valence-electron chi connectivity index (χ3n) is 4.02. The van der Waals surface area contributed by atoms with E-state index in [0.717, 1.165) is 6.20 Å². The molecule has 0 saturated heterocycles. The van der Waals surface area contributed by atoms with Gasteiger partial charge in [-0.15, -0.1) is 0 Å². The Morgan fingerprint density at radius 3 is 2.62 bits per heavy atom. The summed E-state index contributed by atoms with van der Waals surface area (Å²) in [6.07, 6.45) is 0.949. The number of rotatable bonds is 7. The molecule has 9 nitrogen and oxygen atoms in total. The molecule has 164 valence electrons. The van der Waals surface area contributed by atoms with Gasteiger partial charge in [0.15, 0.2) is 12.3 Å². The maximum atomic E-state index is 14.2. The van der Waals surface area contributed by atoms with Crippen molar-refractivity contribution in [1.82, 2.24) is 9.97 Å². The third-order valence-corrected chi connectivity index (χ3v) is 4.33. The van der Waals surface area contributed by atoms with Crippen LogP contribution in [-0.2, 0) is 14.4 Å². The van der Waals surface area contributed by atoms with Crippen LogP contribution in [0.1, 0.15) is 5.56 Å². The Bertz CT molecular complexity index is 1160. The van der Waals surface area contributed by atoms with Crippen molar-refractivity contribution in [2.24, 2.45) is 10.3 Å². The highest BCUT2D eigenvalue weighted by atomic mass is 35.5. The van der Waals surface area contributed by atoms with E-state index in [4.69, 9.17) is 35.5 Å². The van der Waals surface area contributed by atoms with Gasteiger partial charge in [-0.3, -0.25) is 0 Å². The van der Waals surface area contributed by atoms with Crippen LogP contribution in [0.5, 0.6) is 23.4 Å². The van der Waals surface area contributed by atoms with E-state index in [2.05, 4.69) is 20.3 Å². The van der Waals surface area contributed by atoms with Crippen LogP contribution in [0, 0.1) is 5.82 Å². The van der Waals surface area contributed by atoms with Crippen LogP contribution in [-0.4, -0.2) is 41.9 Å². The summed E-state index contributed by atoms with van der Waals surface area (Å²) in [7, 11) is 1.40. The van der Waals surface area contributed by atoms with Gasteiger partial charge < -0.3 is 23.9 Å². The first-order valence-electron chi connectivity index (χ1n) is 9.31. The number of oxime groups is 2. The first kappa shape index (κ1) is 21.3. The molecule has 2 heterocycles. The van der Waals surface area contributed by atoms with E-state index in [0.29, 0.717) is 41.0 Å². The molecular weight excluding hydrogens is 443 g/mol. The summed E-state index contributed by atoms with van der Waals surface area (Å²) in [6.45, 7) is 0.692. The topological polar surface area (TPSA) is 96.7 Å². The fraction of sp³-hybridized carbons (Fsp3) is 0.143. The minimum absolute atomic E-state index is 0.118. The Morgan fingerprint density at radius 1 is 1.09 bits per heavy atom. The maximum absolute atomic E-state index is 14.2. The zero-order valence-corrected chi connectivity index (χ0v) is 17.5. The van der Waals surface area contributed by atoms with Gasteiger partial charge in [-0.25, -0.2) is 4.98 Å². The predicted molar refractivity (Wildman–Crippen MR) is 113 cm³/mol. The summed E-state index contributed by atoms with van der Waals surface area (Å²) in [4.78, 5) is 17.7. The molecule has 1 aromatic heterocycles. The van der Waals surface area contributed by atoms with Gasteiger partial charge in [-0.2, -0.15) is 9.37 Å². The van der Waals surface area contributed by atoms with Crippen molar-refractivity contribution >= 4 is 23.2 Å². The number of para-hydroxylation sites is 1. The molecule has 0 aliphatic carbocycles. The maximum Gasteiger partial charge on any atom is 0.325 e. The molecule has 0 atom stereocenters. The second kappa shape index (κ2) is 9.92. The van der Waals surface area contributed by atoms with Gasteiger partial charge in [0.1, 0.15) is 25.2 Å². The SMILES string of the molecule is CON=C(C1=NOCCO1)c1ccc(Oc2nc(Oc3ccccc3Cl)ncc2F)cc1. The minimum atomic E-state index is -0.760. The number of hydrogen-bond donors (Lipinski definition) is 0. The van der Waals surface area contributed by atoms with E-state index < -0.39 is 5.82 Å². The second-order valence-corrected chi connectivity index (χ2v) is 6.57. The summed E-state index contributed by atoms with van der Waals surface area (Å²) in [5.41, 5.74) is 0.955. The Hall–Kier alpha value is -3.92.